The molecule has 6 nitrogen and oxygen atoms in total. The lowest BCUT2D eigenvalue weighted by molar-refractivity contribution is 0.891. The van der Waals surface area contributed by atoms with Crippen LogP contribution in [0.5, 0.6) is 0 Å². The highest BCUT2D eigenvalue weighted by Gasteiger charge is 2.23. The molecule has 0 aromatic carbocycles. The minimum absolute atomic E-state index is 0.784. The molecule has 1 aromatic rings. The molecule has 0 spiro atoms. The van der Waals surface area contributed by atoms with Crippen LogP contribution in [0.2, 0.25) is 0 Å². The molecule has 228 valence electrons. The number of nitrogens with zero attached hydrogens (tertiary/aromatic N) is 6. The maximum Gasteiger partial charge on any atom is 0.252 e. The molecule has 0 aliphatic heterocycles. The van der Waals surface area contributed by atoms with Crippen LogP contribution in [0, 0.1) is 0 Å². The zero-order valence-corrected chi connectivity index (χ0v) is 30.3. The van der Waals surface area contributed by atoms with Crippen molar-refractivity contribution < 1.29 is 0 Å². The van der Waals surface area contributed by atoms with Crippen molar-refractivity contribution in [1.82, 2.24) is 15.0 Å². The maximum absolute atomic E-state index is 5.13. The summed E-state index contributed by atoms with van der Waals surface area (Å²) in [7, 11) is 0. The molecule has 0 aliphatic carbocycles. The van der Waals surface area contributed by atoms with E-state index in [2.05, 4.69) is 52.7 Å². The summed E-state index contributed by atoms with van der Waals surface area (Å²) in [4.78, 5) is 15.4. The minimum atomic E-state index is 0.784. The van der Waals surface area contributed by atoms with Crippen molar-refractivity contribution in [1.29, 1.82) is 0 Å². The highest BCUT2D eigenvalue weighted by molar-refractivity contribution is 8.19. The summed E-state index contributed by atoms with van der Waals surface area (Å²) in [6, 6.07) is 0. The number of aromatic nitrogens is 3. The number of hydrogen-bond acceptors (Lipinski definition) is 12. The summed E-state index contributed by atoms with van der Waals surface area (Å²) >= 11 is 11.1. The van der Waals surface area contributed by atoms with Gasteiger partial charge in [-0.25, -0.2) is 11.1 Å². The quantitative estimate of drug-likeness (QED) is 0.0670. The predicted molar refractivity (Wildman–Crippen MR) is 191 cm³/mol. The van der Waals surface area contributed by atoms with E-state index in [0.29, 0.717) is 0 Å². The summed E-state index contributed by atoms with van der Waals surface area (Å²) in [5.41, 5.74) is 0. The van der Waals surface area contributed by atoms with E-state index in [-0.39, 0.29) is 0 Å². The summed E-state index contributed by atoms with van der Waals surface area (Å²) in [6.07, 6.45) is 14.3. The van der Waals surface area contributed by atoms with Gasteiger partial charge in [0.15, 0.2) is 0 Å². The maximum atomic E-state index is 5.13. The first-order valence-electron chi connectivity index (χ1n) is 15.1. The monoisotopic (exact) mass is 654 g/mol. The van der Waals surface area contributed by atoms with Crippen LogP contribution in [0.15, 0.2) is 0 Å². The first-order valence-corrected chi connectivity index (χ1v) is 20.7. The van der Waals surface area contributed by atoms with E-state index in [0.717, 1.165) is 52.4 Å². The summed E-state index contributed by atoms with van der Waals surface area (Å²) in [6.45, 7) is 13.5. The average Bonchev–Trinajstić information content (AvgIpc) is 2.95. The van der Waals surface area contributed by atoms with E-state index in [1.165, 1.54) is 77.0 Å². The van der Waals surface area contributed by atoms with Gasteiger partial charge in [0, 0.05) is 34.5 Å². The predicted octanol–water partition coefficient (Wildman–Crippen LogP) is 11.0. The molecule has 0 saturated carbocycles. The van der Waals surface area contributed by atoms with Crippen LogP contribution in [-0.4, -0.2) is 49.5 Å². The Morgan fingerprint density at radius 1 is 0.359 bits per heavy atom. The third-order valence-electron chi connectivity index (χ3n) is 5.33. The van der Waals surface area contributed by atoms with E-state index in [4.69, 9.17) is 15.0 Å². The van der Waals surface area contributed by atoms with Gasteiger partial charge in [0.05, 0.1) is 0 Å². The Morgan fingerprint density at radius 2 is 0.538 bits per heavy atom. The van der Waals surface area contributed by atoms with E-state index in [9.17, 15) is 0 Å². The fraction of sp³-hybridized carbons (Fsp3) is 0.889. The van der Waals surface area contributed by atoms with E-state index < -0.39 is 0 Å². The van der Waals surface area contributed by atoms with Gasteiger partial charge in [-0.1, -0.05) is 80.1 Å². The molecule has 0 radical (unpaired) electrons. The van der Waals surface area contributed by atoms with E-state index in [1.807, 2.05) is 71.7 Å². The van der Waals surface area contributed by atoms with Crippen LogP contribution in [0.1, 0.15) is 119 Å². The highest BCUT2D eigenvalue weighted by Crippen LogP contribution is 2.38. The Hall–Kier alpha value is 0.510. The van der Waals surface area contributed by atoms with Crippen molar-refractivity contribution in [2.24, 2.45) is 0 Å². The van der Waals surface area contributed by atoms with Crippen molar-refractivity contribution in [3.05, 3.63) is 0 Å². The number of rotatable bonds is 27. The normalized spacial score (nSPS) is 11.2. The lowest BCUT2D eigenvalue weighted by Gasteiger charge is -2.26. The first-order chi connectivity index (χ1) is 19.1. The van der Waals surface area contributed by atoms with Crippen LogP contribution in [0.3, 0.4) is 0 Å². The molecular weight excluding hydrogens is 601 g/mol. The lowest BCUT2D eigenvalue weighted by atomic mass is 10.4. The number of anilines is 3. The van der Waals surface area contributed by atoms with Gasteiger partial charge in [0.25, 0.3) is 17.8 Å². The van der Waals surface area contributed by atoms with Crippen molar-refractivity contribution >= 4 is 89.5 Å². The Morgan fingerprint density at radius 3 is 0.692 bits per heavy atom. The van der Waals surface area contributed by atoms with Crippen molar-refractivity contribution in [2.75, 3.05) is 45.6 Å². The molecule has 0 fully saturated rings. The van der Waals surface area contributed by atoms with Crippen molar-refractivity contribution in [3.8, 4) is 0 Å². The van der Waals surface area contributed by atoms with Gasteiger partial charge in [0.1, 0.15) is 0 Å². The topological polar surface area (TPSA) is 48.4 Å². The molecule has 0 N–H and O–H groups in total. The van der Waals surface area contributed by atoms with Gasteiger partial charge in [-0.05, 0) is 110 Å². The third kappa shape index (κ3) is 17.3. The first kappa shape index (κ1) is 37.5. The summed E-state index contributed by atoms with van der Waals surface area (Å²) in [5, 5.41) is 0. The molecule has 39 heavy (non-hydrogen) atoms. The fourth-order valence-electron chi connectivity index (χ4n) is 2.80. The second-order valence-corrected chi connectivity index (χ2v) is 16.0. The zero-order valence-electron chi connectivity index (χ0n) is 25.4. The molecule has 0 aliphatic rings. The molecular formula is C27H54N6S6. The van der Waals surface area contributed by atoms with E-state index >= 15 is 0 Å². The Kier molecular flexibility index (Phi) is 25.2. The largest absolute Gasteiger partial charge is 0.252 e. The summed E-state index contributed by atoms with van der Waals surface area (Å²) < 4.78 is 6.82. The van der Waals surface area contributed by atoms with Crippen LogP contribution in [-0.2, 0) is 0 Å². The van der Waals surface area contributed by atoms with Gasteiger partial charge in [-0.2, -0.15) is 15.0 Å². The molecule has 1 aromatic heterocycles. The third-order valence-corrected chi connectivity index (χ3v) is 12.4. The Labute approximate surface area is 267 Å². The standard InChI is InChI=1S/C27H54N6S6/c1-7-13-19-34-31(35-20-14-8-2)25-28-26(32(36-21-15-9-3)37-22-16-10-4)30-27(29-25)33(38-23-17-11-5)39-24-18-12-6/h7-24H2,1-6H3. The molecule has 1 rings (SSSR count). The van der Waals surface area contributed by atoms with Gasteiger partial charge in [-0.3, -0.25) is 0 Å². The smallest absolute Gasteiger partial charge is 0.225 e. The Balaban J connectivity index is 3.47. The van der Waals surface area contributed by atoms with Crippen LogP contribution in [0.4, 0.5) is 17.8 Å². The molecule has 0 unspecified atom stereocenters. The highest BCUT2D eigenvalue weighted by atomic mass is 32.2. The SMILES string of the molecule is CCCCSN(SCCCC)c1nc(N(SCCCC)SCCCC)nc(N(SCCCC)SCCCC)n1. The molecule has 0 bridgehead atoms. The van der Waals surface area contributed by atoms with Gasteiger partial charge in [0.2, 0.25) is 0 Å². The molecule has 0 atom stereocenters. The van der Waals surface area contributed by atoms with Crippen molar-refractivity contribution in [2.45, 2.75) is 119 Å². The van der Waals surface area contributed by atoms with E-state index in [1.54, 1.807) is 0 Å². The molecule has 1 heterocycles. The second kappa shape index (κ2) is 26.2. The van der Waals surface area contributed by atoms with Crippen molar-refractivity contribution in [3.63, 3.8) is 0 Å². The number of hydrogen-bond donors (Lipinski definition) is 0. The lowest BCUT2D eigenvalue weighted by Crippen LogP contribution is -2.19. The second-order valence-electron chi connectivity index (χ2n) is 9.13. The fourth-order valence-corrected chi connectivity index (χ4v) is 9.72. The van der Waals surface area contributed by atoms with Crippen LogP contribution in [0.25, 0.3) is 0 Å². The molecule has 0 amide bonds. The minimum Gasteiger partial charge on any atom is -0.225 e. The average molecular weight is 655 g/mol. The van der Waals surface area contributed by atoms with Gasteiger partial charge in [-0.15, -0.1) is 0 Å². The Bertz CT molecular complexity index is 572. The van der Waals surface area contributed by atoms with Gasteiger partial charge >= 0.3 is 0 Å². The molecule has 0 saturated heterocycles. The van der Waals surface area contributed by atoms with Crippen LogP contribution < -0.4 is 11.1 Å². The van der Waals surface area contributed by atoms with Crippen LogP contribution >= 0.6 is 71.7 Å². The summed E-state index contributed by atoms with van der Waals surface area (Å²) in [5.74, 6) is 8.81. The number of unbranched alkanes of at least 4 members (excludes halogenated alkanes) is 6. The molecule has 12 heteroatoms. The zero-order chi connectivity index (χ0) is 28.6. The van der Waals surface area contributed by atoms with Gasteiger partial charge < -0.3 is 0 Å².